The first-order chi connectivity index (χ1) is 18.7. The van der Waals surface area contributed by atoms with Crippen molar-refractivity contribution in [1.82, 2.24) is 5.32 Å². The Bertz CT molecular complexity index is 1360. The van der Waals surface area contributed by atoms with Gasteiger partial charge in [0, 0.05) is 13.1 Å². The van der Waals surface area contributed by atoms with E-state index in [1.54, 1.807) is 42.5 Å². The van der Waals surface area contributed by atoms with Crippen molar-refractivity contribution in [1.29, 1.82) is 0 Å². The number of morpholine rings is 1. The van der Waals surface area contributed by atoms with Crippen LogP contribution in [0.3, 0.4) is 0 Å². The fourth-order valence-electron chi connectivity index (χ4n) is 7.39. The number of carbonyl (C=O) groups is 1. The first-order valence-corrected chi connectivity index (χ1v) is 15.8. The van der Waals surface area contributed by atoms with Gasteiger partial charge in [-0.3, -0.25) is 9.52 Å². The minimum atomic E-state index is -3.94. The van der Waals surface area contributed by atoms with Gasteiger partial charge in [-0.25, -0.2) is 8.42 Å². The van der Waals surface area contributed by atoms with Crippen LogP contribution in [0, 0.1) is 23.2 Å². The lowest BCUT2D eigenvalue weighted by Gasteiger charge is -2.55. The van der Waals surface area contributed by atoms with E-state index in [1.165, 1.54) is 19.3 Å². The zero-order valence-electron chi connectivity index (χ0n) is 21.6. The van der Waals surface area contributed by atoms with Crippen LogP contribution >= 0.6 is 23.8 Å². The van der Waals surface area contributed by atoms with E-state index in [9.17, 15) is 13.2 Å². The van der Waals surface area contributed by atoms with E-state index in [1.807, 2.05) is 0 Å². The third kappa shape index (κ3) is 5.49. The summed E-state index contributed by atoms with van der Waals surface area (Å²) >= 11 is 11.8. The molecule has 4 saturated carbocycles. The van der Waals surface area contributed by atoms with Crippen molar-refractivity contribution in [2.24, 2.45) is 23.2 Å². The summed E-state index contributed by atoms with van der Waals surface area (Å²) in [4.78, 5) is 15.7. The van der Waals surface area contributed by atoms with E-state index in [-0.39, 0.29) is 21.3 Å². The molecule has 1 heterocycles. The molecule has 1 aliphatic heterocycles. The van der Waals surface area contributed by atoms with Crippen molar-refractivity contribution >= 4 is 61.9 Å². The number of anilines is 3. The number of para-hydroxylation sites is 1. The van der Waals surface area contributed by atoms with Gasteiger partial charge in [0.1, 0.15) is 0 Å². The number of halogens is 1. The summed E-state index contributed by atoms with van der Waals surface area (Å²) in [5.74, 6) is 1.92. The van der Waals surface area contributed by atoms with E-state index in [2.05, 4.69) is 20.3 Å². The standard InChI is InChI=1S/C28H33ClN4O4S2/c29-22-3-1-2-4-23(22)32-39(35,36)21-5-6-25(33-7-9-37-10-8-33)24(14-21)30-27(38)31-26(34)28-15-18-11-19(16-28)13-20(12-18)17-28/h1-6,14,18-20,32H,7-13,15-17H2,(H2,30,31,34,38). The van der Waals surface area contributed by atoms with Crippen molar-refractivity contribution < 1.29 is 17.9 Å². The van der Waals surface area contributed by atoms with Gasteiger partial charge in [0.15, 0.2) is 5.11 Å². The summed E-state index contributed by atoms with van der Waals surface area (Å²) in [5.41, 5.74) is 1.26. The van der Waals surface area contributed by atoms with Crippen LogP contribution in [0.5, 0.6) is 0 Å². The number of ether oxygens (including phenoxy) is 1. The highest BCUT2D eigenvalue weighted by atomic mass is 35.5. The zero-order chi connectivity index (χ0) is 27.2. The molecule has 39 heavy (non-hydrogen) atoms. The van der Waals surface area contributed by atoms with Crippen molar-refractivity contribution in [2.75, 3.05) is 41.2 Å². The zero-order valence-corrected chi connectivity index (χ0v) is 24.0. The summed E-state index contributed by atoms with van der Waals surface area (Å²) in [6.07, 6.45) is 6.57. The lowest BCUT2D eigenvalue weighted by molar-refractivity contribution is -0.144. The van der Waals surface area contributed by atoms with Crippen molar-refractivity contribution in [3.05, 3.63) is 47.5 Å². The molecule has 4 aliphatic carbocycles. The second-order valence-electron chi connectivity index (χ2n) is 11.5. The molecule has 5 fully saturated rings. The molecule has 0 radical (unpaired) electrons. The van der Waals surface area contributed by atoms with E-state index >= 15 is 0 Å². The van der Waals surface area contributed by atoms with Gasteiger partial charge in [-0.2, -0.15) is 0 Å². The second kappa shape index (κ2) is 10.5. The van der Waals surface area contributed by atoms with E-state index in [4.69, 9.17) is 28.6 Å². The lowest BCUT2D eigenvalue weighted by atomic mass is 9.49. The molecule has 0 aromatic heterocycles. The van der Waals surface area contributed by atoms with E-state index < -0.39 is 10.0 Å². The summed E-state index contributed by atoms with van der Waals surface area (Å²) in [5, 5.41) is 6.62. The number of nitrogens with one attached hydrogen (secondary N) is 3. The topological polar surface area (TPSA) is 99.8 Å². The maximum Gasteiger partial charge on any atom is 0.262 e. The molecule has 3 N–H and O–H groups in total. The Balaban J connectivity index is 1.24. The highest BCUT2D eigenvalue weighted by molar-refractivity contribution is 7.92. The molecule has 208 valence electrons. The third-order valence-electron chi connectivity index (χ3n) is 8.74. The molecule has 2 aromatic rings. The number of carbonyl (C=O) groups excluding carboxylic acids is 1. The monoisotopic (exact) mass is 588 g/mol. The van der Waals surface area contributed by atoms with Crippen LogP contribution in [-0.4, -0.2) is 45.7 Å². The Morgan fingerprint density at radius 2 is 1.62 bits per heavy atom. The van der Waals surface area contributed by atoms with Gasteiger partial charge in [-0.1, -0.05) is 23.7 Å². The molecule has 1 saturated heterocycles. The van der Waals surface area contributed by atoms with Crippen LogP contribution in [0.15, 0.2) is 47.4 Å². The number of thiocarbonyl (C=S) groups is 1. The number of nitrogens with zero attached hydrogens (tertiary/aromatic N) is 1. The van der Waals surface area contributed by atoms with Crippen LogP contribution in [0.2, 0.25) is 5.02 Å². The largest absolute Gasteiger partial charge is 0.378 e. The van der Waals surface area contributed by atoms with Gasteiger partial charge in [0.05, 0.1) is 45.6 Å². The first-order valence-electron chi connectivity index (χ1n) is 13.6. The highest BCUT2D eigenvalue weighted by Crippen LogP contribution is 2.60. The van der Waals surface area contributed by atoms with Gasteiger partial charge in [0.2, 0.25) is 5.91 Å². The number of rotatable bonds is 6. The molecule has 5 aliphatic rings. The normalized spacial score (nSPS) is 27.7. The molecule has 1 amide bonds. The maximum atomic E-state index is 13.6. The maximum absolute atomic E-state index is 13.6. The Kier molecular flexibility index (Phi) is 7.24. The minimum absolute atomic E-state index is 0.00353. The van der Waals surface area contributed by atoms with Crippen LogP contribution < -0.4 is 20.3 Å². The summed E-state index contributed by atoms with van der Waals surface area (Å²) < 4.78 is 34.6. The van der Waals surface area contributed by atoms with Gasteiger partial charge >= 0.3 is 0 Å². The number of hydrogen-bond donors (Lipinski definition) is 3. The van der Waals surface area contributed by atoms with Crippen LogP contribution in [0.1, 0.15) is 38.5 Å². The molecular formula is C28H33ClN4O4S2. The van der Waals surface area contributed by atoms with Gasteiger partial charge < -0.3 is 20.3 Å². The molecule has 8 nitrogen and oxygen atoms in total. The average Bonchev–Trinajstić information content (AvgIpc) is 2.89. The Morgan fingerprint density at radius 1 is 0.974 bits per heavy atom. The second-order valence-corrected chi connectivity index (χ2v) is 14.0. The number of benzene rings is 2. The quantitative estimate of drug-likeness (QED) is 0.408. The predicted octanol–water partition coefficient (Wildman–Crippen LogP) is 5.01. The Hall–Kier alpha value is -2.40. The lowest BCUT2D eigenvalue weighted by Crippen LogP contribution is -2.55. The molecule has 0 unspecified atom stereocenters. The fourth-order valence-corrected chi connectivity index (χ4v) is 8.94. The van der Waals surface area contributed by atoms with Crippen molar-refractivity contribution in [2.45, 2.75) is 43.4 Å². The molecule has 0 spiro atoms. The van der Waals surface area contributed by atoms with Gasteiger partial charge in [0.25, 0.3) is 10.0 Å². The minimum Gasteiger partial charge on any atom is -0.378 e. The highest BCUT2D eigenvalue weighted by Gasteiger charge is 2.54. The summed E-state index contributed by atoms with van der Waals surface area (Å²) in [6, 6.07) is 11.5. The average molecular weight is 589 g/mol. The predicted molar refractivity (Wildman–Crippen MR) is 157 cm³/mol. The molecule has 0 atom stereocenters. The van der Waals surface area contributed by atoms with Crippen LogP contribution in [-0.2, 0) is 19.6 Å². The molecule has 2 aromatic carbocycles. The van der Waals surface area contributed by atoms with Crippen molar-refractivity contribution in [3.8, 4) is 0 Å². The Labute approximate surface area is 239 Å². The van der Waals surface area contributed by atoms with Gasteiger partial charge in [-0.15, -0.1) is 0 Å². The molecule has 4 bridgehead atoms. The fraction of sp³-hybridized carbons (Fsp3) is 0.500. The Morgan fingerprint density at radius 3 is 2.26 bits per heavy atom. The number of sulfonamides is 1. The van der Waals surface area contributed by atoms with E-state index in [0.717, 1.165) is 24.9 Å². The molecule has 11 heteroatoms. The van der Waals surface area contributed by atoms with Gasteiger partial charge in [-0.05, 0) is 98.8 Å². The SMILES string of the molecule is O=C(NC(=S)Nc1cc(S(=O)(=O)Nc2ccccc2Cl)ccc1N1CCOCC1)C12CC3CC(CC(C3)C1)C2. The summed E-state index contributed by atoms with van der Waals surface area (Å²) in [7, 11) is -3.94. The molecular weight excluding hydrogens is 556 g/mol. The number of amides is 1. The van der Waals surface area contributed by atoms with Crippen LogP contribution in [0.4, 0.5) is 17.1 Å². The van der Waals surface area contributed by atoms with E-state index in [0.29, 0.717) is 60.5 Å². The molecule has 7 rings (SSSR count). The summed E-state index contributed by atoms with van der Waals surface area (Å²) in [6.45, 7) is 2.46. The van der Waals surface area contributed by atoms with Crippen LogP contribution in [0.25, 0.3) is 0 Å². The third-order valence-corrected chi connectivity index (χ3v) is 10.6. The first kappa shape index (κ1) is 26.8. The number of hydrogen-bond acceptors (Lipinski definition) is 6. The smallest absolute Gasteiger partial charge is 0.262 e. The van der Waals surface area contributed by atoms with Crippen molar-refractivity contribution in [3.63, 3.8) is 0 Å².